The summed E-state index contributed by atoms with van der Waals surface area (Å²) in [6, 6.07) is 1.78. The molecule has 94 valence electrons. The zero-order chi connectivity index (χ0) is 13.0. The van der Waals surface area contributed by atoms with Crippen molar-refractivity contribution in [2.45, 2.75) is 26.7 Å². The molecular weight excluding hydrogens is 226 g/mol. The van der Waals surface area contributed by atoms with Crippen LogP contribution in [0.15, 0.2) is 18.5 Å². The maximum Gasteiger partial charge on any atom is 0.198 e. The molecule has 5 nitrogen and oxygen atoms in total. The van der Waals surface area contributed by atoms with Crippen LogP contribution in [-0.4, -0.2) is 26.5 Å². The van der Waals surface area contributed by atoms with Crippen LogP contribution < -0.4 is 5.73 Å². The monoisotopic (exact) mass is 243 g/mol. The number of nitrogens with zero attached hydrogens (tertiary/aromatic N) is 4. The van der Waals surface area contributed by atoms with E-state index < -0.39 is 0 Å². The fourth-order valence-electron chi connectivity index (χ4n) is 1.89. The summed E-state index contributed by atoms with van der Waals surface area (Å²) in [5.74, 6) is 1.15. The van der Waals surface area contributed by atoms with Crippen molar-refractivity contribution in [2.75, 3.05) is 6.54 Å². The fraction of sp³-hybridized carbons (Fsp3) is 0.385. The van der Waals surface area contributed by atoms with Gasteiger partial charge in [0.1, 0.15) is 0 Å². The molecule has 2 N–H and O–H groups in total. The van der Waals surface area contributed by atoms with Crippen LogP contribution in [0.4, 0.5) is 0 Å². The van der Waals surface area contributed by atoms with Crippen molar-refractivity contribution in [2.24, 2.45) is 5.73 Å². The van der Waals surface area contributed by atoms with Gasteiger partial charge in [-0.1, -0.05) is 0 Å². The number of rotatable bonds is 4. The topological polar surface area (TPSA) is 77.6 Å². The summed E-state index contributed by atoms with van der Waals surface area (Å²) in [5.41, 5.74) is 8.69. The highest BCUT2D eigenvalue weighted by Crippen LogP contribution is 2.16. The Morgan fingerprint density at radius 1 is 1.00 bits per heavy atom. The van der Waals surface area contributed by atoms with Crippen LogP contribution in [0, 0.1) is 13.8 Å². The van der Waals surface area contributed by atoms with E-state index in [-0.39, 0.29) is 0 Å². The predicted octanol–water partition coefficient (Wildman–Crippen LogP) is 1.44. The van der Waals surface area contributed by atoms with Gasteiger partial charge in [0.05, 0.1) is 0 Å². The van der Waals surface area contributed by atoms with Crippen molar-refractivity contribution < 1.29 is 0 Å². The van der Waals surface area contributed by atoms with E-state index in [0.717, 1.165) is 24.2 Å². The first kappa shape index (κ1) is 12.6. The first-order valence-corrected chi connectivity index (χ1v) is 6.04. The van der Waals surface area contributed by atoms with Crippen molar-refractivity contribution in [3.8, 4) is 11.6 Å². The molecule has 2 aromatic rings. The molecule has 0 spiro atoms. The van der Waals surface area contributed by atoms with Crippen LogP contribution in [0.3, 0.4) is 0 Å². The predicted molar refractivity (Wildman–Crippen MR) is 69.9 cm³/mol. The number of hydrogen-bond acceptors (Lipinski definition) is 5. The van der Waals surface area contributed by atoms with Crippen molar-refractivity contribution in [1.29, 1.82) is 0 Å². The minimum atomic E-state index is 0.564. The van der Waals surface area contributed by atoms with E-state index in [1.54, 1.807) is 18.5 Å². The lowest BCUT2D eigenvalue weighted by Gasteiger charge is -2.09. The molecule has 0 unspecified atom stereocenters. The van der Waals surface area contributed by atoms with E-state index >= 15 is 0 Å². The van der Waals surface area contributed by atoms with Gasteiger partial charge in [-0.15, -0.1) is 0 Å². The quantitative estimate of drug-likeness (QED) is 0.879. The maximum atomic E-state index is 5.54. The van der Waals surface area contributed by atoms with Gasteiger partial charge in [0.2, 0.25) is 0 Å². The number of hydrogen-bond donors (Lipinski definition) is 1. The molecule has 0 bridgehead atoms. The van der Waals surface area contributed by atoms with Crippen LogP contribution in [0.25, 0.3) is 11.6 Å². The minimum absolute atomic E-state index is 0.564. The molecule has 0 aliphatic rings. The summed E-state index contributed by atoms with van der Waals surface area (Å²) in [5, 5.41) is 0. The average molecular weight is 243 g/mol. The third kappa shape index (κ3) is 2.68. The van der Waals surface area contributed by atoms with E-state index in [0.29, 0.717) is 18.2 Å². The number of aromatic nitrogens is 4. The third-order valence-corrected chi connectivity index (χ3v) is 2.82. The molecule has 2 rings (SSSR count). The van der Waals surface area contributed by atoms with Crippen LogP contribution in [-0.2, 0) is 6.42 Å². The number of aryl methyl sites for hydroxylation is 2. The van der Waals surface area contributed by atoms with Gasteiger partial charge in [0.15, 0.2) is 11.6 Å². The molecule has 0 radical (unpaired) electrons. The second-order valence-corrected chi connectivity index (χ2v) is 4.16. The standard InChI is InChI=1S/C13H17N5/c1-9-11(5-3-6-14)10(2)18-13(17-9)12-15-7-4-8-16-12/h4,7-8H,3,5-6,14H2,1-2H3. The molecule has 0 saturated carbocycles. The van der Waals surface area contributed by atoms with Gasteiger partial charge in [-0.25, -0.2) is 19.9 Å². The molecule has 18 heavy (non-hydrogen) atoms. The molecule has 2 aromatic heterocycles. The molecule has 2 heterocycles. The Morgan fingerprint density at radius 3 is 2.17 bits per heavy atom. The normalized spacial score (nSPS) is 10.6. The van der Waals surface area contributed by atoms with Crippen LogP contribution >= 0.6 is 0 Å². The van der Waals surface area contributed by atoms with E-state index in [9.17, 15) is 0 Å². The molecule has 0 aliphatic carbocycles. The van der Waals surface area contributed by atoms with Gasteiger partial charge >= 0.3 is 0 Å². The second kappa shape index (κ2) is 5.64. The highest BCUT2D eigenvalue weighted by molar-refractivity contribution is 5.44. The lowest BCUT2D eigenvalue weighted by atomic mass is 10.1. The lowest BCUT2D eigenvalue weighted by Crippen LogP contribution is -2.07. The van der Waals surface area contributed by atoms with E-state index in [1.165, 1.54) is 5.56 Å². The largest absolute Gasteiger partial charge is 0.330 e. The Morgan fingerprint density at radius 2 is 1.61 bits per heavy atom. The maximum absolute atomic E-state index is 5.54. The highest BCUT2D eigenvalue weighted by Gasteiger charge is 2.10. The summed E-state index contributed by atoms with van der Waals surface area (Å²) in [6.45, 7) is 4.67. The summed E-state index contributed by atoms with van der Waals surface area (Å²) >= 11 is 0. The van der Waals surface area contributed by atoms with Gasteiger partial charge in [0.25, 0.3) is 0 Å². The zero-order valence-corrected chi connectivity index (χ0v) is 10.7. The Hall–Kier alpha value is -1.88. The van der Waals surface area contributed by atoms with Crippen LogP contribution in [0.2, 0.25) is 0 Å². The summed E-state index contributed by atoms with van der Waals surface area (Å²) < 4.78 is 0. The van der Waals surface area contributed by atoms with Gasteiger partial charge in [-0.2, -0.15) is 0 Å². The van der Waals surface area contributed by atoms with E-state index in [1.807, 2.05) is 13.8 Å². The van der Waals surface area contributed by atoms with Crippen molar-refractivity contribution in [3.63, 3.8) is 0 Å². The Balaban J connectivity index is 2.36. The van der Waals surface area contributed by atoms with Gasteiger partial charge in [-0.3, -0.25) is 0 Å². The molecule has 0 fully saturated rings. The molecule has 0 aliphatic heterocycles. The lowest BCUT2D eigenvalue weighted by molar-refractivity contribution is 0.804. The van der Waals surface area contributed by atoms with Crippen LogP contribution in [0.5, 0.6) is 0 Å². The fourth-order valence-corrected chi connectivity index (χ4v) is 1.89. The van der Waals surface area contributed by atoms with Crippen molar-refractivity contribution >= 4 is 0 Å². The van der Waals surface area contributed by atoms with Gasteiger partial charge in [-0.05, 0) is 44.9 Å². The average Bonchev–Trinajstić information content (AvgIpc) is 2.39. The molecule has 5 heteroatoms. The SMILES string of the molecule is Cc1nc(-c2ncccn2)nc(C)c1CCCN. The Bertz CT molecular complexity index is 501. The Kier molecular flexibility index (Phi) is 3.94. The third-order valence-electron chi connectivity index (χ3n) is 2.82. The molecule has 0 atom stereocenters. The minimum Gasteiger partial charge on any atom is -0.330 e. The molecule has 0 amide bonds. The first-order valence-electron chi connectivity index (χ1n) is 6.04. The van der Waals surface area contributed by atoms with Crippen molar-refractivity contribution in [3.05, 3.63) is 35.4 Å². The van der Waals surface area contributed by atoms with E-state index in [2.05, 4.69) is 19.9 Å². The smallest absolute Gasteiger partial charge is 0.198 e. The van der Waals surface area contributed by atoms with Crippen LogP contribution in [0.1, 0.15) is 23.4 Å². The highest BCUT2D eigenvalue weighted by atomic mass is 15.0. The van der Waals surface area contributed by atoms with Gasteiger partial charge < -0.3 is 5.73 Å². The summed E-state index contributed by atoms with van der Waals surface area (Å²) in [6.07, 6.45) is 5.26. The summed E-state index contributed by atoms with van der Waals surface area (Å²) in [4.78, 5) is 17.3. The molecule has 0 aromatic carbocycles. The van der Waals surface area contributed by atoms with E-state index in [4.69, 9.17) is 5.73 Å². The second-order valence-electron chi connectivity index (χ2n) is 4.16. The number of nitrogens with two attached hydrogens (primary N) is 1. The summed E-state index contributed by atoms with van der Waals surface area (Å²) in [7, 11) is 0. The zero-order valence-electron chi connectivity index (χ0n) is 10.7. The first-order chi connectivity index (χ1) is 8.72. The van der Waals surface area contributed by atoms with Crippen molar-refractivity contribution in [1.82, 2.24) is 19.9 Å². The van der Waals surface area contributed by atoms with Gasteiger partial charge in [0, 0.05) is 23.8 Å². The Labute approximate surface area is 107 Å². The molecular formula is C13H17N5. The molecule has 0 saturated heterocycles.